The Balaban J connectivity index is 1.47. The summed E-state index contributed by atoms with van der Waals surface area (Å²) in [5.41, 5.74) is 2.00. The molecule has 0 spiro atoms. The van der Waals surface area contributed by atoms with Gasteiger partial charge in [-0.3, -0.25) is 4.90 Å². The van der Waals surface area contributed by atoms with E-state index < -0.39 is 17.6 Å². The van der Waals surface area contributed by atoms with Gasteiger partial charge in [0.25, 0.3) is 0 Å². The molecule has 0 aliphatic carbocycles. The van der Waals surface area contributed by atoms with Gasteiger partial charge in [0.2, 0.25) is 0 Å². The lowest BCUT2D eigenvalue weighted by Gasteiger charge is -2.33. The highest BCUT2D eigenvalue weighted by Gasteiger charge is 2.20. The molecule has 1 aliphatic rings. The topological polar surface area (TPSA) is 49.8 Å². The molecule has 1 N–H and O–H groups in total. The van der Waals surface area contributed by atoms with Crippen LogP contribution in [0.25, 0.3) is 0 Å². The lowest BCUT2D eigenvalue weighted by molar-refractivity contribution is -0.139. The summed E-state index contributed by atoms with van der Waals surface area (Å²) in [6, 6.07) is 11.7. The number of aryl methyl sites for hydroxylation is 1. The number of carbonyl (C=O) groups is 1. The Labute approximate surface area is 163 Å². The third-order valence-electron chi connectivity index (χ3n) is 5.12. The molecule has 0 saturated carbocycles. The quantitative estimate of drug-likeness (QED) is 0.732. The van der Waals surface area contributed by atoms with Gasteiger partial charge in [-0.2, -0.15) is 0 Å². The summed E-state index contributed by atoms with van der Waals surface area (Å²) in [6.07, 6.45) is 4.00. The van der Waals surface area contributed by atoms with E-state index in [1.54, 1.807) is 18.2 Å². The summed E-state index contributed by atoms with van der Waals surface area (Å²) in [5.74, 6) is -1.48. The van der Waals surface area contributed by atoms with E-state index in [-0.39, 0.29) is 6.61 Å². The van der Waals surface area contributed by atoms with Crippen LogP contribution in [0.15, 0.2) is 42.5 Å². The third kappa shape index (κ3) is 6.02. The van der Waals surface area contributed by atoms with Gasteiger partial charge in [-0.05, 0) is 73.5 Å². The highest BCUT2D eigenvalue weighted by Crippen LogP contribution is 2.24. The molecular weight excluding hydrogens is 364 g/mol. The van der Waals surface area contributed by atoms with E-state index in [9.17, 15) is 13.6 Å². The van der Waals surface area contributed by atoms with Crippen molar-refractivity contribution in [3.05, 3.63) is 65.2 Å². The molecule has 1 saturated heterocycles. The molecule has 1 atom stereocenters. The van der Waals surface area contributed by atoms with Crippen molar-refractivity contribution in [1.82, 2.24) is 4.90 Å². The van der Waals surface area contributed by atoms with Crippen molar-refractivity contribution in [3.8, 4) is 5.75 Å². The lowest BCUT2D eigenvalue weighted by atomic mass is 9.91. The van der Waals surface area contributed by atoms with Crippen LogP contribution < -0.4 is 4.74 Å². The van der Waals surface area contributed by atoms with E-state index >= 15 is 0 Å². The van der Waals surface area contributed by atoms with Crippen molar-refractivity contribution in [1.29, 1.82) is 0 Å². The number of piperidine rings is 1. The normalized spacial score (nSPS) is 17.4. The van der Waals surface area contributed by atoms with Crippen LogP contribution in [0.4, 0.5) is 8.78 Å². The molecule has 0 bridgehead atoms. The van der Waals surface area contributed by atoms with Crippen LogP contribution in [-0.2, 0) is 17.8 Å². The molecule has 0 radical (unpaired) electrons. The maximum Gasteiger partial charge on any atom is 0.341 e. The van der Waals surface area contributed by atoms with Crippen molar-refractivity contribution in [3.63, 3.8) is 0 Å². The van der Waals surface area contributed by atoms with E-state index in [4.69, 9.17) is 9.84 Å². The molecule has 2 aromatic rings. The Hall–Kier alpha value is -2.47. The van der Waals surface area contributed by atoms with Gasteiger partial charge >= 0.3 is 5.97 Å². The smallest absolute Gasteiger partial charge is 0.341 e. The Morgan fingerprint density at radius 2 is 1.86 bits per heavy atom. The van der Waals surface area contributed by atoms with Crippen LogP contribution in [0.5, 0.6) is 5.75 Å². The molecule has 4 nitrogen and oxygen atoms in total. The van der Waals surface area contributed by atoms with E-state index in [0.717, 1.165) is 56.4 Å². The van der Waals surface area contributed by atoms with Gasteiger partial charge in [-0.15, -0.1) is 0 Å². The fourth-order valence-corrected chi connectivity index (χ4v) is 3.69. The molecule has 3 rings (SSSR count). The van der Waals surface area contributed by atoms with Crippen LogP contribution in [-0.4, -0.2) is 35.7 Å². The van der Waals surface area contributed by atoms with Gasteiger partial charge in [0.05, 0.1) is 0 Å². The first-order valence-corrected chi connectivity index (χ1v) is 9.59. The number of likely N-dealkylation sites (tertiary alicyclic amines) is 1. The molecule has 1 fully saturated rings. The summed E-state index contributed by atoms with van der Waals surface area (Å²) in [5, 5.41) is 8.65. The summed E-state index contributed by atoms with van der Waals surface area (Å²) >= 11 is 0. The number of carboxylic acids is 1. The van der Waals surface area contributed by atoms with Gasteiger partial charge in [0.15, 0.2) is 18.2 Å². The minimum absolute atomic E-state index is 0.342. The van der Waals surface area contributed by atoms with E-state index in [0.29, 0.717) is 11.7 Å². The average Bonchev–Trinajstić information content (AvgIpc) is 2.69. The zero-order valence-corrected chi connectivity index (χ0v) is 15.7. The Kier molecular flexibility index (Phi) is 6.98. The second kappa shape index (κ2) is 9.64. The first-order chi connectivity index (χ1) is 13.5. The number of aliphatic carboxylic acids is 1. The zero-order valence-electron chi connectivity index (χ0n) is 15.7. The second-order valence-electron chi connectivity index (χ2n) is 7.36. The maximum atomic E-state index is 13.3. The number of rotatable bonds is 8. The molecule has 1 unspecified atom stereocenters. The highest BCUT2D eigenvalue weighted by molar-refractivity contribution is 5.68. The van der Waals surface area contributed by atoms with Crippen molar-refractivity contribution in [2.45, 2.75) is 32.2 Å². The van der Waals surface area contributed by atoms with Crippen LogP contribution in [0.1, 0.15) is 30.4 Å². The molecule has 150 valence electrons. The van der Waals surface area contributed by atoms with Gasteiger partial charge in [0, 0.05) is 13.1 Å². The van der Waals surface area contributed by atoms with Crippen molar-refractivity contribution < 1.29 is 23.4 Å². The SMILES string of the molecule is O=C(O)COc1ccc(CN2CCCC(CCc3ccc(F)c(F)c3)C2)cc1. The highest BCUT2D eigenvalue weighted by atomic mass is 19.2. The van der Waals surface area contributed by atoms with Crippen LogP contribution >= 0.6 is 0 Å². The predicted molar refractivity (Wildman–Crippen MR) is 102 cm³/mol. The number of carboxylic acid groups (broad SMARTS) is 1. The summed E-state index contributed by atoms with van der Waals surface area (Å²) in [7, 11) is 0. The number of nitrogens with zero attached hydrogens (tertiary/aromatic N) is 1. The monoisotopic (exact) mass is 389 g/mol. The molecular formula is C22H25F2NO3. The Morgan fingerprint density at radius 3 is 2.57 bits per heavy atom. The minimum Gasteiger partial charge on any atom is -0.482 e. The standard InChI is InChI=1S/C22H25F2NO3/c23-20-10-7-16(12-21(20)24)3-4-17-2-1-11-25(13-17)14-18-5-8-19(9-6-18)28-15-22(26)27/h5-10,12,17H,1-4,11,13-15H2,(H,26,27). The summed E-state index contributed by atoms with van der Waals surface area (Å²) < 4.78 is 31.5. The van der Waals surface area contributed by atoms with E-state index in [1.807, 2.05) is 12.1 Å². The van der Waals surface area contributed by atoms with Gasteiger partial charge < -0.3 is 9.84 Å². The lowest BCUT2D eigenvalue weighted by Crippen LogP contribution is -2.35. The molecule has 1 heterocycles. The molecule has 2 aromatic carbocycles. The number of hydrogen-bond acceptors (Lipinski definition) is 3. The summed E-state index contributed by atoms with van der Waals surface area (Å²) in [6.45, 7) is 2.52. The van der Waals surface area contributed by atoms with Gasteiger partial charge in [-0.1, -0.05) is 18.2 Å². The Bertz CT molecular complexity index is 795. The van der Waals surface area contributed by atoms with Crippen molar-refractivity contribution in [2.24, 2.45) is 5.92 Å². The zero-order chi connectivity index (χ0) is 19.9. The van der Waals surface area contributed by atoms with Gasteiger partial charge in [-0.25, -0.2) is 13.6 Å². The Morgan fingerprint density at radius 1 is 1.11 bits per heavy atom. The van der Waals surface area contributed by atoms with Crippen molar-refractivity contribution in [2.75, 3.05) is 19.7 Å². The number of ether oxygens (including phenoxy) is 1. The van der Waals surface area contributed by atoms with Crippen LogP contribution in [0, 0.1) is 17.6 Å². The fraction of sp³-hybridized carbons (Fsp3) is 0.409. The minimum atomic E-state index is -0.994. The number of benzene rings is 2. The first kappa shape index (κ1) is 20.3. The second-order valence-corrected chi connectivity index (χ2v) is 7.36. The molecule has 28 heavy (non-hydrogen) atoms. The first-order valence-electron chi connectivity index (χ1n) is 9.59. The third-order valence-corrected chi connectivity index (χ3v) is 5.12. The molecule has 1 aliphatic heterocycles. The average molecular weight is 389 g/mol. The summed E-state index contributed by atoms with van der Waals surface area (Å²) in [4.78, 5) is 13.0. The molecule has 6 heteroatoms. The fourth-order valence-electron chi connectivity index (χ4n) is 3.69. The van der Waals surface area contributed by atoms with E-state index in [2.05, 4.69) is 4.90 Å². The van der Waals surface area contributed by atoms with Crippen molar-refractivity contribution >= 4 is 5.97 Å². The van der Waals surface area contributed by atoms with Gasteiger partial charge in [0.1, 0.15) is 5.75 Å². The van der Waals surface area contributed by atoms with Crippen LogP contribution in [0.2, 0.25) is 0 Å². The molecule has 0 aromatic heterocycles. The number of halogens is 2. The molecule has 0 amide bonds. The van der Waals surface area contributed by atoms with E-state index in [1.165, 1.54) is 12.1 Å². The van der Waals surface area contributed by atoms with Crippen LogP contribution in [0.3, 0.4) is 0 Å². The predicted octanol–water partition coefficient (Wildman–Crippen LogP) is 4.27. The maximum absolute atomic E-state index is 13.3. The number of hydrogen-bond donors (Lipinski definition) is 1. The largest absolute Gasteiger partial charge is 0.482 e.